The number of halogens is 1. The van der Waals surface area contributed by atoms with Crippen LogP contribution < -0.4 is 0 Å². The summed E-state index contributed by atoms with van der Waals surface area (Å²) in [5.41, 5.74) is 1.13. The summed E-state index contributed by atoms with van der Waals surface area (Å²) in [6, 6.07) is 8.23. The normalized spacial score (nSPS) is 10.4. The second kappa shape index (κ2) is 4.58. The van der Waals surface area contributed by atoms with Crippen molar-refractivity contribution in [1.29, 1.82) is 0 Å². The average Bonchev–Trinajstić information content (AvgIpc) is 2.68. The molecule has 0 fully saturated rings. The summed E-state index contributed by atoms with van der Waals surface area (Å²) >= 11 is 1.53. The Hall–Kier alpha value is -1.48. The second-order valence-electron chi connectivity index (χ2n) is 3.64. The van der Waals surface area contributed by atoms with Crippen molar-refractivity contribution in [3.05, 3.63) is 57.5 Å². The Morgan fingerprint density at radius 3 is 2.75 bits per heavy atom. The molecule has 16 heavy (non-hydrogen) atoms. The van der Waals surface area contributed by atoms with E-state index in [-0.39, 0.29) is 18.0 Å². The van der Waals surface area contributed by atoms with E-state index in [1.807, 2.05) is 18.4 Å². The topological polar surface area (TPSA) is 17.1 Å². The Labute approximate surface area is 97.6 Å². The van der Waals surface area contributed by atoms with Crippen LogP contribution in [0.5, 0.6) is 0 Å². The van der Waals surface area contributed by atoms with E-state index in [0.717, 1.165) is 4.88 Å². The molecule has 0 N–H and O–H groups in total. The molecule has 0 saturated heterocycles. The van der Waals surface area contributed by atoms with Crippen molar-refractivity contribution in [3.8, 4) is 0 Å². The molecule has 0 unspecified atom stereocenters. The minimum atomic E-state index is -0.317. The van der Waals surface area contributed by atoms with Crippen molar-refractivity contribution in [3.63, 3.8) is 0 Å². The molecule has 2 aromatic rings. The van der Waals surface area contributed by atoms with Crippen molar-refractivity contribution < 1.29 is 9.18 Å². The van der Waals surface area contributed by atoms with Crippen molar-refractivity contribution in [2.24, 2.45) is 0 Å². The SMILES string of the molecule is Cc1cc(C(=O)Cc2ccccc2F)cs1. The highest BCUT2D eigenvalue weighted by Gasteiger charge is 2.10. The van der Waals surface area contributed by atoms with E-state index in [0.29, 0.717) is 11.1 Å². The van der Waals surface area contributed by atoms with Crippen LogP contribution in [0.25, 0.3) is 0 Å². The second-order valence-corrected chi connectivity index (χ2v) is 4.75. The molecule has 2 rings (SSSR count). The van der Waals surface area contributed by atoms with Crippen LogP contribution in [0.4, 0.5) is 4.39 Å². The van der Waals surface area contributed by atoms with Crippen LogP contribution in [0, 0.1) is 12.7 Å². The van der Waals surface area contributed by atoms with E-state index in [1.54, 1.807) is 18.2 Å². The van der Waals surface area contributed by atoms with Crippen LogP contribution in [0.3, 0.4) is 0 Å². The molecule has 0 aliphatic carbocycles. The van der Waals surface area contributed by atoms with E-state index in [4.69, 9.17) is 0 Å². The Balaban J connectivity index is 2.17. The lowest BCUT2D eigenvalue weighted by atomic mass is 10.0. The number of ketones is 1. The fourth-order valence-corrected chi connectivity index (χ4v) is 2.21. The van der Waals surface area contributed by atoms with Gasteiger partial charge >= 0.3 is 0 Å². The maximum Gasteiger partial charge on any atom is 0.168 e. The molecule has 1 aromatic heterocycles. The zero-order valence-corrected chi connectivity index (χ0v) is 9.68. The minimum absolute atomic E-state index is 0.0329. The Morgan fingerprint density at radius 1 is 1.38 bits per heavy atom. The van der Waals surface area contributed by atoms with E-state index in [2.05, 4.69) is 0 Å². The predicted molar refractivity (Wildman–Crippen MR) is 63.5 cm³/mol. The van der Waals surface area contributed by atoms with E-state index >= 15 is 0 Å². The fraction of sp³-hybridized carbons (Fsp3) is 0.154. The largest absolute Gasteiger partial charge is 0.294 e. The number of aryl methyl sites for hydroxylation is 1. The first-order valence-electron chi connectivity index (χ1n) is 4.98. The van der Waals surface area contributed by atoms with Gasteiger partial charge in [0.2, 0.25) is 0 Å². The number of Topliss-reactive ketones (excluding diaryl/α,β-unsaturated/α-hetero) is 1. The number of carbonyl (C=O) groups excluding carboxylic acids is 1. The summed E-state index contributed by atoms with van der Waals surface area (Å²) < 4.78 is 13.3. The summed E-state index contributed by atoms with van der Waals surface area (Å²) in [7, 11) is 0. The molecular formula is C13H11FOS. The molecule has 0 spiro atoms. The standard InChI is InChI=1S/C13H11FOS/c1-9-6-11(8-16-9)13(15)7-10-4-2-3-5-12(10)14/h2-6,8H,7H2,1H3. The number of benzene rings is 1. The molecule has 1 nitrogen and oxygen atoms in total. The quantitative estimate of drug-likeness (QED) is 0.741. The predicted octanol–water partition coefficient (Wildman–Crippen LogP) is 3.62. The van der Waals surface area contributed by atoms with Crippen LogP contribution in [0.15, 0.2) is 35.7 Å². The molecule has 0 radical (unpaired) electrons. The summed E-state index contributed by atoms with van der Waals surface area (Å²) in [6.07, 6.45) is 0.128. The highest BCUT2D eigenvalue weighted by Crippen LogP contribution is 2.16. The van der Waals surface area contributed by atoms with Crippen LogP contribution >= 0.6 is 11.3 Å². The first-order valence-corrected chi connectivity index (χ1v) is 5.86. The number of rotatable bonds is 3. The summed E-state index contributed by atoms with van der Waals surface area (Å²) in [5, 5.41) is 1.82. The lowest BCUT2D eigenvalue weighted by Gasteiger charge is -2.00. The van der Waals surface area contributed by atoms with Crippen molar-refractivity contribution in [2.45, 2.75) is 13.3 Å². The van der Waals surface area contributed by atoms with Crippen molar-refractivity contribution in [1.82, 2.24) is 0 Å². The van der Waals surface area contributed by atoms with Gasteiger partial charge in [0, 0.05) is 22.2 Å². The molecule has 1 aromatic carbocycles. The molecule has 3 heteroatoms. The number of hydrogen-bond donors (Lipinski definition) is 0. The Kier molecular flexibility index (Phi) is 3.15. The highest BCUT2D eigenvalue weighted by molar-refractivity contribution is 7.10. The lowest BCUT2D eigenvalue weighted by molar-refractivity contribution is 0.0992. The summed E-state index contributed by atoms with van der Waals surface area (Å²) in [4.78, 5) is 12.9. The van der Waals surface area contributed by atoms with Gasteiger partial charge in [0.1, 0.15) is 5.82 Å². The molecule has 0 atom stereocenters. The van der Waals surface area contributed by atoms with Crippen LogP contribution in [-0.4, -0.2) is 5.78 Å². The van der Waals surface area contributed by atoms with Gasteiger partial charge in [-0.15, -0.1) is 11.3 Å². The monoisotopic (exact) mass is 234 g/mol. The first kappa shape index (κ1) is 11.0. The summed E-state index contributed by atoms with van der Waals surface area (Å²) in [6.45, 7) is 1.95. The Morgan fingerprint density at radius 2 is 2.12 bits per heavy atom. The van der Waals surface area contributed by atoms with Gasteiger partial charge in [-0.1, -0.05) is 18.2 Å². The number of thiophene rings is 1. The minimum Gasteiger partial charge on any atom is -0.294 e. The zero-order valence-electron chi connectivity index (χ0n) is 8.87. The van der Waals surface area contributed by atoms with Crippen LogP contribution in [-0.2, 0) is 6.42 Å². The van der Waals surface area contributed by atoms with E-state index in [9.17, 15) is 9.18 Å². The molecule has 0 bridgehead atoms. The van der Waals surface area contributed by atoms with Gasteiger partial charge in [0.05, 0.1) is 0 Å². The smallest absolute Gasteiger partial charge is 0.168 e. The number of carbonyl (C=O) groups is 1. The van der Waals surface area contributed by atoms with Gasteiger partial charge in [-0.2, -0.15) is 0 Å². The third-order valence-corrected chi connectivity index (χ3v) is 3.22. The zero-order chi connectivity index (χ0) is 11.5. The van der Waals surface area contributed by atoms with Gasteiger partial charge in [-0.3, -0.25) is 4.79 Å². The molecule has 0 amide bonds. The van der Waals surface area contributed by atoms with Crippen LogP contribution in [0.1, 0.15) is 20.8 Å². The molecule has 0 saturated carbocycles. The highest BCUT2D eigenvalue weighted by atomic mass is 32.1. The lowest BCUT2D eigenvalue weighted by Crippen LogP contribution is -2.03. The summed E-state index contributed by atoms with van der Waals surface area (Å²) in [5.74, 6) is -0.350. The molecule has 0 aliphatic heterocycles. The van der Waals surface area contributed by atoms with Gasteiger partial charge in [0.15, 0.2) is 5.78 Å². The van der Waals surface area contributed by atoms with Gasteiger partial charge in [-0.25, -0.2) is 4.39 Å². The third-order valence-electron chi connectivity index (χ3n) is 2.36. The molecule has 1 heterocycles. The molecule has 82 valence electrons. The molecular weight excluding hydrogens is 223 g/mol. The van der Waals surface area contributed by atoms with Crippen molar-refractivity contribution >= 4 is 17.1 Å². The third kappa shape index (κ3) is 2.36. The fourth-order valence-electron chi connectivity index (χ4n) is 1.51. The van der Waals surface area contributed by atoms with Crippen molar-refractivity contribution in [2.75, 3.05) is 0 Å². The molecule has 0 aliphatic rings. The van der Waals surface area contributed by atoms with Crippen LogP contribution in [0.2, 0.25) is 0 Å². The van der Waals surface area contributed by atoms with E-state index < -0.39 is 0 Å². The average molecular weight is 234 g/mol. The van der Waals surface area contributed by atoms with Gasteiger partial charge < -0.3 is 0 Å². The maximum atomic E-state index is 13.3. The first-order chi connectivity index (χ1) is 7.66. The van der Waals surface area contributed by atoms with Gasteiger partial charge in [0.25, 0.3) is 0 Å². The Bertz CT molecular complexity index is 516. The maximum absolute atomic E-state index is 13.3. The number of hydrogen-bond acceptors (Lipinski definition) is 2. The van der Waals surface area contributed by atoms with Gasteiger partial charge in [-0.05, 0) is 24.6 Å². The van der Waals surface area contributed by atoms with E-state index in [1.165, 1.54) is 17.4 Å².